The van der Waals surface area contributed by atoms with E-state index in [1.165, 1.54) is 26.4 Å². The number of ether oxygens (including phenoxy) is 1. The minimum atomic E-state index is -0.339. The molecule has 1 heterocycles. The molecule has 4 heteroatoms. The van der Waals surface area contributed by atoms with Crippen LogP contribution in [-0.4, -0.2) is 19.1 Å². The van der Waals surface area contributed by atoms with Gasteiger partial charge in [0.2, 0.25) is 0 Å². The van der Waals surface area contributed by atoms with Crippen molar-refractivity contribution >= 4 is 5.97 Å². The summed E-state index contributed by atoms with van der Waals surface area (Å²) in [5, 5.41) is 3.42. The molecule has 1 N–H and O–H groups in total. The van der Waals surface area contributed by atoms with Crippen molar-refractivity contribution in [2.75, 3.05) is 7.11 Å². The van der Waals surface area contributed by atoms with Gasteiger partial charge in [0, 0.05) is 6.04 Å². The van der Waals surface area contributed by atoms with Gasteiger partial charge < -0.3 is 14.5 Å². The van der Waals surface area contributed by atoms with Gasteiger partial charge in [-0.25, -0.2) is 4.79 Å². The molecule has 0 bridgehead atoms. The summed E-state index contributed by atoms with van der Waals surface area (Å²) in [4.78, 5) is 11.4. The van der Waals surface area contributed by atoms with Crippen LogP contribution in [0.25, 0.3) is 0 Å². The molecule has 1 aromatic rings. The summed E-state index contributed by atoms with van der Waals surface area (Å²) >= 11 is 0. The normalized spacial score (nSPS) is 16.6. The molecule has 2 rings (SSSR count). The summed E-state index contributed by atoms with van der Waals surface area (Å²) in [6.07, 6.45) is 3.97. The van der Waals surface area contributed by atoms with Crippen LogP contribution in [0.4, 0.5) is 0 Å². The van der Waals surface area contributed by atoms with E-state index >= 15 is 0 Å². The average Bonchev–Trinajstić information content (AvgIpc) is 3.07. The summed E-state index contributed by atoms with van der Waals surface area (Å²) in [5.74, 6) is 1.98. The van der Waals surface area contributed by atoms with E-state index in [4.69, 9.17) is 9.15 Å². The molecular formula is C14H21NO3. The first kappa shape index (κ1) is 13.1. The van der Waals surface area contributed by atoms with Gasteiger partial charge in [-0.1, -0.05) is 12.8 Å². The third kappa shape index (κ3) is 3.35. The highest BCUT2D eigenvalue weighted by atomic mass is 16.5. The number of rotatable bonds is 6. The van der Waals surface area contributed by atoms with Gasteiger partial charge in [-0.3, -0.25) is 0 Å². The maximum atomic E-state index is 11.4. The summed E-state index contributed by atoms with van der Waals surface area (Å²) in [7, 11) is 1.38. The zero-order valence-electron chi connectivity index (χ0n) is 11.3. The van der Waals surface area contributed by atoms with Crippen molar-refractivity contribution in [3.05, 3.63) is 23.2 Å². The minimum absolute atomic E-state index is 0.339. The van der Waals surface area contributed by atoms with Crippen LogP contribution in [0.15, 0.2) is 10.5 Å². The van der Waals surface area contributed by atoms with Crippen molar-refractivity contribution in [2.24, 2.45) is 5.92 Å². The van der Waals surface area contributed by atoms with Gasteiger partial charge in [0.15, 0.2) is 0 Å². The summed E-state index contributed by atoms with van der Waals surface area (Å²) in [6.45, 7) is 4.63. The molecule has 0 spiro atoms. The van der Waals surface area contributed by atoms with Crippen LogP contribution in [-0.2, 0) is 11.3 Å². The van der Waals surface area contributed by atoms with Crippen molar-refractivity contribution in [3.63, 3.8) is 0 Å². The largest absolute Gasteiger partial charge is 0.465 e. The molecule has 0 radical (unpaired) electrons. The Morgan fingerprint density at radius 2 is 2.33 bits per heavy atom. The Balaban J connectivity index is 1.86. The molecular weight excluding hydrogens is 230 g/mol. The maximum Gasteiger partial charge on any atom is 0.341 e. The molecule has 1 fully saturated rings. The number of hydrogen-bond donors (Lipinski definition) is 1. The van der Waals surface area contributed by atoms with E-state index in [1.807, 2.05) is 0 Å². The van der Waals surface area contributed by atoms with Gasteiger partial charge in [0.05, 0.1) is 13.7 Å². The smallest absolute Gasteiger partial charge is 0.341 e. The van der Waals surface area contributed by atoms with Crippen LogP contribution in [0.1, 0.15) is 48.1 Å². The number of furan rings is 1. The van der Waals surface area contributed by atoms with Gasteiger partial charge in [-0.2, -0.15) is 0 Å². The Morgan fingerprint density at radius 1 is 1.61 bits per heavy atom. The zero-order chi connectivity index (χ0) is 13.1. The Labute approximate surface area is 108 Å². The molecule has 1 aromatic heterocycles. The fourth-order valence-corrected chi connectivity index (χ4v) is 2.16. The molecule has 0 saturated heterocycles. The first-order valence-corrected chi connectivity index (χ1v) is 6.51. The first-order valence-electron chi connectivity index (χ1n) is 6.51. The lowest BCUT2D eigenvalue weighted by atomic mass is 10.1. The lowest BCUT2D eigenvalue weighted by Crippen LogP contribution is -2.25. The van der Waals surface area contributed by atoms with Crippen LogP contribution in [0.2, 0.25) is 0 Å². The highest BCUT2D eigenvalue weighted by molar-refractivity contribution is 5.90. The van der Waals surface area contributed by atoms with E-state index < -0.39 is 0 Å². The maximum absolute atomic E-state index is 11.4. The van der Waals surface area contributed by atoms with E-state index in [2.05, 4.69) is 12.2 Å². The molecule has 0 aliphatic heterocycles. The standard InChI is InChI=1S/C14H21NO3/c1-9(6-11-4-5-11)15-8-12-7-13(10(2)18-12)14(16)17-3/h7,9,11,15H,4-6,8H2,1-3H3. The molecule has 100 valence electrons. The quantitative estimate of drug-likeness (QED) is 0.790. The lowest BCUT2D eigenvalue weighted by Gasteiger charge is -2.11. The second-order valence-corrected chi connectivity index (χ2v) is 5.14. The average molecular weight is 251 g/mol. The van der Waals surface area contributed by atoms with Crippen molar-refractivity contribution in [1.29, 1.82) is 0 Å². The minimum Gasteiger partial charge on any atom is -0.465 e. The number of aryl methyl sites for hydroxylation is 1. The molecule has 1 saturated carbocycles. The van der Waals surface area contributed by atoms with Gasteiger partial charge in [0.1, 0.15) is 17.1 Å². The van der Waals surface area contributed by atoms with E-state index in [1.54, 1.807) is 13.0 Å². The van der Waals surface area contributed by atoms with Crippen LogP contribution >= 0.6 is 0 Å². The number of esters is 1. The van der Waals surface area contributed by atoms with E-state index in [0.29, 0.717) is 23.9 Å². The predicted octanol–water partition coefficient (Wildman–Crippen LogP) is 2.65. The van der Waals surface area contributed by atoms with Crippen LogP contribution in [0.3, 0.4) is 0 Å². The number of hydrogen-bond acceptors (Lipinski definition) is 4. The molecule has 0 aromatic carbocycles. The van der Waals surface area contributed by atoms with Crippen LogP contribution < -0.4 is 5.32 Å². The molecule has 1 aliphatic carbocycles. The van der Waals surface area contributed by atoms with E-state index in [0.717, 1.165) is 11.7 Å². The fourth-order valence-electron chi connectivity index (χ4n) is 2.16. The Morgan fingerprint density at radius 3 is 2.94 bits per heavy atom. The van der Waals surface area contributed by atoms with Gasteiger partial charge in [0.25, 0.3) is 0 Å². The summed E-state index contributed by atoms with van der Waals surface area (Å²) in [6, 6.07) is 2.25. The first-order chi connectivity index (χ1) is 8.60. The monoisotopic (exact) mass is 251 g/mol. The van der Waals surface area contributed by atoms with Crippen LogP contribution in [0.5, 0.6) is 0 Å². The number of nitrogens with one attached hydrogen (secondary N) is 1. The SMILES string of the molecule is COC(=O)c1cc(CNC(C)CC2CC2)oc1C. The second-order valence-electron chi connectivity index (χ2n) is 5.14. The predicted molar refractivity (Wildman–Crippen MR) is 68.4 cm³/mol. The van der Waals surface area contributed by atoms with Gasteiger partial charge in [-0.05, 0) is 32.3 Å². The zero-order valence-corrected chi connectivity index (χ0v) is 11.3. The van der Waals surface area contributed by atoms with E-state index in [9.17, 15) is 4.79 Å². The van der Waals surface area contributed by atoms with Crippen molar-refractivity contribution in [3.8, 4) is 0 Å². The third-order valence-electron chi connectivity index (χ3n) is 3.38. The number of carbonyl (C=O) groups excluding carboxylic acids is 1. The highest BCUT2D eigenvalue weighted by Gasteiger charge is 2.23. The Hall–Kier alpha value is -1.29. The molecule has 1 atom stereocenters. The van der Waals surface area contributed by atoms with E-state index in [-0.39, 0.29) is 5.97 Å². The van der Waals surface area contributed by atoms with Crippen molar-refractivity contribution in [2.45, 2.75) is 45.7 Å². The number of methoxy groups -OCH3 is 1. The second kappa shape index (κ2) is 5.57. The molecule has 0 amide bonds. The van der Waals surface area contributed by atoms with Crippen molar-refractivity contribution < 1.29 is 13.9 Å². The van der Waals surface area contributed by atoms with Crippen molar-refractivity contribution in [1.82, 2.24) is 5.32 Å². The topological polar surface area (TPSA) is 51.5 Å². The lowest BCUT2D eigenvalue weighted by molar-refractivity contribution is 0.0599. The molecule has 4 nitrogen and oxygen atoms in total. The van der Waals surface area contributed by atoms with Gasteiger partial charge in [-0.15, -0.1) is 0 Å². The van der Waals surface area contributed by atoms with Crippen LogP contribution in [0, 0.1) is 12.8 Å². The molecule has 18 heavy (non-hydrogen) atoms. The Kier molecular flexibility index (Phi) is 4.07. The third-order valence-corrected chi connectivity index (χ3v) is 3.38. The molecule has 1 unspecified atom stereocenters. The summed E-state index contributed by atoms with van der Waals surface area (Å²) in [5.41, 5.74) is 0.518. The highest BCUT2D eigenvalue weighted by Crippen LogP contribution is 2.33. The number of carbonyl (C=O) groups is 1. The van der Waals surface area contributed by atoms with Gasteiger partial charge >= 0.3 is 5.97 Å². The summed E-state index contributed by atoms with van der Waals surface area (Å²) < 4.78 is 10.2. The fraction of sp³-hybridized carbons (Fsp3) is 0.643. The Bertz CT molecular complexity index is 421. The molecule has 1 aliphatic rings.